The van der Waals surface area contributed by atoms with Gasteiger partial charge in [0, 0.05) is 55.2 Å². The van der Waals surface area contributed by atoms with Crippen LogP contribution in [-0.2, 0) is 38.5 Å². The topological polar surface area (TPSA) is 147 Å². The smallest absolute Gasteiger partial charge is 0.204 e. The van der Waals surface area contributed by atoms with Crippen LogP contribution in [0.3, 0.4) is 0 Å². The number of aliphatic hydroxyl groups excluding tert-OH is 1. The van der Waals surface area contributed by atoms with E-state index in [1.54, 1.807) is 55.5 Å². The molecule has 0 radical (unpaired) electrons. The minimum atomic E-state index is -0.758. The first-order valence-electron chi connectivity index (χ1n) is 26.3. The number of fused-ring (bicyclic) bond motifs is 4. The third-order valence-corrected chi connectivity index (χ3v) is 15.7. The summed E-state index contributed by atoms with van der Waals surface area (Å²) in [5.41, 5.74) is 8.37. The number of hydrogen-bond donors (Lipinski definition) is 2. The van der Waals surface area contributed by atoms with Gasteiger partial charge >= 0.3 is 0 Å². The molecule has 0 saturated carbocycles. The predicted molar refractivity (Wildman–Crippen MR) is 295 cm³/mol. The highest BCUT2D eigenvalue weighted by atomic mass is 16.6. The lowest BCUT2D eigenvalue weighted by Gasteiger charge is -2.37. The second-order valence-electron chi connectivity index (χ2n) is 21.7. The third kappa shape index (κ3) is 10.5. The molecule has 3 atom stereocenters. The molecule has 0 aromatic heterocycles. The molecule has 14 heteroatoms. The van der Waals surface area contributed by atoms with Crippen LogP contribution in [0.2, 0.25) is 0 Å². The summed E-state index contributed by atoms with van der Waals surface area (Å²) in [5.74, 6) is 6.78. The number of aliphatic hydroxyl groups is 1. The van der Waals surface area contributed by atoms with E-state index in [1.165, 1.54) is 28.3 Å². The summed E-state index contributed by atoms with van der Waals surface area (Å²) in [5, 5.41) is 20.8. The molecule has 2 N–H and O–H groups in total. The number of rotatable bonds is 8. The average molecular weight is 1050 g/mol. The van der Waals surface area contributed by atoms with Crippen molar-refractivity contribution in [3.63, 3.8) is 0 Å². The molecule has 0 saturated heterocycles. The van der Waals surface area contributed by atoms with E-state index in [1.807, 2.05) is 56.3 Å². The fraction of sp³-hybridized carbons (Fsp3) is 0.381. The number of phenols is 1. The maximum Gasteiger partial charge on any atom is 0.204 e. The summed E-state index contributed by atoms with van der Waals surface area (Å²) in [4.78, 5) is 17.9. The Labute approximate surface area is 451 Å². The molecule has 0 fully saturated rings. The number of Topliss-reactive ketones (excluding diaryl/α,β-unsaturated/α-hetero) is 1. The predicted octanol–water partition coefficient (Wildman–Crippen LogP) is 11.2. The van der Waals surface area contributed by atoms with E-state index in [0.717, 1.165) is 61.2 Å². The zero-order valence-corrected chi connectivity index (χ0v) is 46.0. The molecule has 6 aliphatic rings. The molecule has 0 spiro atoms. The number of phenolic OH excluding ortho intramolecular Hbond substituents is 1. The molecule has 6 heterocycles. The summed E-state index contributed by atoms with van der Waals surface area (Å²) < 4.78 is 54.5. The normalized spacial score (nSPS) is 19.6. The van der Waals surface area contributed by atoms with Gasteiger partial charge in [-0.1, -0.05) is 24.3 Å². The van der Waals surface area contributed by atoms with Gasteiger partial charge in [-0.2, -0.15) is 0 Å². The summed E-state index contributed by atoms with van der Waals surface area (Å²) in [6, 6.07) is 27.9. The molecular formula is C63H70N2O12. The van der Waals surface area contributed by atoms with Crippen molar-refractivity contribution in [2.75, 3.05) is 62.7 Å². The number of carbonyl (C=O) groups is 1. The average Bonchev–Trinajstić information content (AvgIpc) is 3.40. The molecule has 14 nitrogen and oxygen atoms in total. The molecule has 404 valence electrons. The van der Waals surface area contributed by atoms with Crippen LogP contribution in [0.1, 0.15) is 100 Å². The Hall–Kier alpha value is -7.39. The number of methoxy groups -OCH3 is 5. The van der Waals surface area contributed by atoms with Gasteiger partial charge in [0.1, 0.15) is 39.9 Å². The van der Waals surface area contributed by atoms with Crippen molar-refractivity contribution < 1.29 is 57.6 Å². The van der Waals surface area contributed by atoms with Crippen molar-refractivity contribution in [2.24, 2.45) is 0 Å². The van der Waals surface area contributed by atoms with Crippen molar-refractivity contribution in [1.82, 2.24) is 9.80 Å². The van der Waals surface area contributed by atoms with E-state index < -0.39 is 17.3 Å². The zero-order chi connectivity index (χ0) is 54.5. The monoisotopic (exact) mass is 1050 g/mol. The largest absolute Gasteiger partial charge is 0.507 e. The standard InChI is InChI=1S/C38H42N2O6.C25H28O6/c1-39-15-13-25-20-32(42-4)34-22-28(25)29(39)17-23-7-10-27(11-8-23)45-33-19-24(9-12-31(33)41-3)18-30-36-26(14-16-40(30)2)21-35(43-5)37(44-6)38(36)46-34;1-24(2)9-8-16-20(30-24)7-6-14(23(16)29-5)11-18(26)17-10-15-12-22(28)25(3,4)31-21(15)13-19(17)27/h7-12,19-22,29-30H,13-18H2,1-6H3;6-10,13,22,27-28H,11-12H2,1-5H3. The van der Waals surface area contributed by atoms with Crippen LogP contribution in [0, 0.1) is 0 Å². The molecule has 0 amide bonds. The second kappa shape index (κ2) is 21.2. The van der Waals surface area contributed by atoms with E-state index >= 15 is 0 Å². The maximum absolute atomic E-state index is 13.1. The van der Waals surface area contributed by atoms with Crippen molar-refractivity contribution >= 4 is 11.9 Å². The highest BCUT2D eigenvalue weighted by molar-refractivity contribution is 6.01. The molecule has 12 rings (SSSR count). The number of hydrogen-bond acceptors (Lipinski definition) is 14. The fourth-order valence-electron chi connectivity index (χ4n) is 11.3. The first-order valence-corrected chi connectivity index (χ1v) is 26.3. The van der Waals surface area contributed by atoms with Crippen molar-refractivity contribution in [1.29, 1.82) is 0 Å². The lowest BCUT2D eigenvalue weighted by molar-refractivity contribution is -0.0412. The highest BCUT2D eigenvalue weighted by Gasteiger charge is 2.38. The van der Waals surface area contributed by atoms with E-state index in [4.69, 9.17) is 42.6 Å². The Balaban J connectivity index is 0.000000189. The molecule has 6 aromatic carbocycles. The first kappa shape index (κ1) is 53.0. The molecule has 6 aliphatic heterocycles. The Morgan fingerprint density at radius 3 is 2.01 bits per heavy atom. The van der Waals surface area contributed by atoms with Gasteiger partial charge in [-0.25, -0.2) is 0 Å². The van der Waals surface area contributed by atoms with Crippen LogP contribution >= 0.6 is 0 Å². The van der Waals surface area contributed by atoms with Gasteiger partial charge in [0.05, 0.1) is 52.8 Å². The van der Waals surface area contributed by atoms with Gasteiger partial charge in [0.25, 0.3) is 0 Å². The van der Waals surface area contributed by atoms with E-state index in [9.17, 15) is 15.0 Å². The van der Waals surface area contributed by atoms with E-state index in [2.05, 4.69) is 66.4 Å². The van der Waals surface area contributed by atoms with Crippen molar-refractivity contribution in [3.8, 4) is 69.0 Å². The quantitative estimate of drug-likeness (QED) is 0.139. The molecule has 77 heavy (non-hydrogen) atoms. The number of benzene rings is 6. The molecule has 3 unspecified atom stereocenters. The van der Waals surface area contributed by atoms with Crippen molar-refractivity contribution in [2.45, 2.75) is 95.6 Å². The number of ketones is 1. The summed E-state index contributed by atoms with van der Waals surface area (Å²) in [6.07, 6.45) is 6.97. The summed E-state index contributed by atoms with van der Waals surface area (Å²) in [7, 11) is 12.7. The Bertz CT molecular complexity index is 3250. The van der Waals surface area contributed by atoms with Gasteiger partial charge in [0.15, 0.2) is 40.3 Å². The SMILES string of the molecule is COc1c(CC(=O)c2cc3c(cc2O)OC(C)(C)C(O)C3)ccc2c1C=CC(C)(C)O2.COc1ccc2cc1Oc1ccc(cc1)CC1c3cc(c(OC)cc3CCN1C)Oc1c(OC)c(OC)cc3c1C(C2)N(C)CC3. The zero-order valence-electron chi connectivity index (χ0n) is 46.0. The number of likely N-dealkylation sites (N-methyl/N-ethyl adjacent to an activating group) is 2. The van der Waals surface area contributed by atoms with E-state index in [-0.39, 0.29) is 35.6 Å². The van der Waals surface area contributed by atoms with Crippen LogP contribution in [0.25, 0.3) is 6.08 Å². The Kier molecular flexibility index (Phi) is 14.6. The van der Waals surface area contributed by atoms with Crippen LogP contribution in [-0.4, -0.2) is 106 Å². The van der Waals surface area contributed by atoms with Crippen LogP contribution in [0.5, 0.6) is 69.0 Å². The maximum atomic E-state index is 13.1. The number of ether oxygens (including phenoxy) is 9. The fourth-order valence-corrected chi connectivity index (χ4v) is 11.3. The number of carbonyl (C=O) groups excluding carboxylic acids is 1. The molecular weight excluding hydrogens is 977 g/mol. The second-order valence-corrected chi connectivity index (χ2v) is 21.7. The van der Waals surface area contributed by atoms with Crippen molar-refractivity contribution in [3.05, 3.63) is 147 Å². The lowest BCUT2D eigenvalue weighted by Crippen LogP contribution is -2.46. The lowest BCUT2D eigenvalue weighted by atomic mass is 9.87. The minimum Gasteiger partial charge on any atom is -0.507 e. The van der Waals surface area contributed by atoms with Gasteiger partial charge in [0.2, 0.25) is 5.75 Å². The highest BCUT2D eigenvalue weighted by Crippen LogP contribution is 2.52. The minimum absolute atomic E-state index is 0.000437. The van der Waals surface area contributed by atoms with E-state index in [0.29, 0.717) is 75.0 Å². The first-order chi connectivity index (χ1) is 36.9. The van der Waals surface area contributed by atoms with Crippen LogP contribution in [0.4, 0.5) is 0 Å². The number of aromatic hydroxyl groups is 1. The molecule has 0 aliphatic carbocycles. The van der Waals surface area contributed by atoms with Gasteiger partial charge in [-0.15, -0.1) is 0 Å². The third-order valence-electron chi connectivity index (χ3n) is 15.7. The molecule has 6 bridgehead atoms. The molecule has 6 aromatic rings. The number of nitrogens with zero attached hydrogens (tertiary/aromatic N) is 2. The van der Waals surface area contributed by atoms with Crippen LogP contribution < -0.4 is 42.6 Å². The van der Waals surface area contributed by atoms with Crippen LogP contribution in [0.15, 0.2) is 91.0 Å². The van der Waals surface area contributed by atoms with Gasteiger partial charge in [-0.3, -0.25) is 14.6 Å². The summed E-state index contributed by atoms with van der Waals surface area (Å²) in [6.45, 7) is 9.38. The Morgan fingerprint density at radius 2 is 1.30 bits per heavy atom. The van der Waals surface area contributed by atoms with Gasteiger partial charge < -0.3 is 52.8 Å². The Morgan fingerprint density at radius 1 is 0.636 bits per heavy atom. The van der Waals surface area contributed by atoms with Gasteiger partial charge in [-0.05, 0) is 168 Å². The summed E-state index contributed by atoms with van der Waals surface area (Å²) >= 11 is 0.